The van der Waals surface area contributed by atoms with Crippen LogP contribution in [0, 0.1) is 11.3 Å². The SMILES string of the molecule is CC[C@@H](C(=O)OC)N(C(=O)c1cc(C#N)cs1)c1ccccc1. The second-order valence-electron chi connectivity index (χ2n) is 4.77. The van der Waals surface area contributed by atoms with E-state index in [0.29, 0.717) is 22.5 Å². The first-order chi connectivity index (χ1) is 11.1. The largest absolute Gasteiger partial charge is 0.467 e. The van der Waals surface area contributed by atoms with Gasteiger partial charge in [-0.25, -0.2) is 4.79 Å². The number of ether oxygens (including phenoxy) is 1. The number of esters is 1. The highest BCUT2D eigenvalue weighted by molar-refractivity contribution is 7.12. The smallest absolute Gasteiger partial charge is 0.328 e. The van der Waals surface area contributed by atoms with Crippen molar-refractivity contribution in [2.45, 2.75) is 19.4 Å². The number of para-hydroxylation sites is 1. The van der Waals surface area contributed by atoms with Crippen LogP contribution < -0.4 is 4.90 Å². The molecule has 1 atom stereocenters. The van der Waals surface area contributed by atoms with Crippen molar-refractivity contribution in [2.24, 2.45) is 0 Å². The highest BCUT2D eigenvalue weighted by atomic mass is 32.1. The van der Waals surface area contributed by atoms with Gasteiger partial charge in [0.15, 0.2) is 0 Å². The summed E-state index contributed by atoms with van der Waals surface area (Å²) in [6, 6.07) is 11.8. The van der Waals surface area contributed by atoms with Crippen LogP contribution in [0.1, 0.15) is 28.6 Å². The maximum Gasteiger partial charge on any atom is 0.328 e. The molecule has 0 unspecified atom stereocenters. The van der Waals surface area contributed by atoms with Crippen LogP contribution in [0.15, 0.2) is 41.8 Å². The van der Waals surface area contributed by atoms with Crippen molar-refractivity contribution in [3.8, 4) is 6.07 Å². The van der Waals surface area contributed by atoms with Crippen LogP contribution in [0.4, 0.5) is 5.69 Å². The number of carbonyl (C=O) groups excluding carboxylic acids is 2. The molecule has 0 bridgehead atoms. The van der Waals surface area contributed by atoms with Crippen LogP contribution in [-0.4, -0.2) is 25.0 Å². The first kappa shape index (κ1) is 16.7. The monoisotopic (exact) mass is 328 g/mol. The van der Waals surface area contributed by atoms with Crippen molar-refractivity contribution in [1.82, 2.24) is 0 Å². The Kier molecular flexibility index (Phi) is 5.50. The molecule has 1 amide bonds. The van der Waals surface area contributed by atoms with Crippen molar-refractivity contribution in [2.75, 3.05) is 12.0 Å². The summed E-state index contributed by atoms with van der Waals surface area (Å²) >= 11 is 1.19. The number of methoxy groups -OCH3 is 1. The van der Waals surface area contributed by atoms with E-state index in [0.717, 1.165) is 0 Å². The van der Waals surface area contributed by atoms with Gasteiger partial charge in [-0.15, -0.1) is 11.3 Å². The van der Waals surface area contributed by atoms with E-state index in [1.54, 1.807) is 29.6 Å². The van der Waals surface area contributed by atoms with E-state index in [2.05, 4.69) is 0 Å². The van der Waals surface area contributed by atoms with Gasteiger partial charge in [0.05, 0.1) is 17.6 Å². The molecule has 0 N–H and O–H groups in total. The fraction of sp³-hybridized carbons (Fsp3) is 0.235. The van der Waals surface area contributed by atoms with Crippen LogP contribution in [0.3, 0.4) is 0 Å². The lowest BCUT2D eigenvalue weighted by atomic mass is 10.1. The van der Waals surface area contributed by atoms with Gasteiger partial charge in [0.25, 0.3) is 5.91 Å². The van der Waals surface area contributed by atoms with E-state index in [-0.39, 0.29) is 5.91 Å². The zero-order valence-corrected chi connectivity index (χ0v) is 13.7. The third kappa shape index (κ3) is 3.58. The minimum atomic E-state index is -0.720. The van der Waals surface area contributed by atoms with Crippen molar-refractivity contribution in [1.29, 1.82) is 5.26 Å². The van der Waals surface area contributed by atoms with E-state index in [1.165, 1.54) is 29.4 Å². The van der Waals surface area contributed by atoms with Gasteiger partial charge in [-0.2, -0.15) is 5.26 Å². The molecule has 0 aliphatic rings. The Bertz CT molecular complexity index is 734. The predicted molar refractivity (Wildman–Crippen MR) is 88.4 cm³/mol. The number of nitrogens with zero attached hydrogens (tertiary/aromatic N) is 2. The lowest BCUT2D eigenvalue weighted by molar-refractivity contribution is -0.142. The number of carbonyl (C=O) groups is 2. The first-order valence-corrected chi connectivity index (χ1v) is 7.95. The van der Waals surface area contributed by atoms with Gasteiger partial charge in [0.2, 0.25) is 0 Å². The predicted octanol–water partition coefficient (Wildman–Crippen LogP) is 3.22. The van der Waals surface area contributed by atoms with E-state index in [1.807, 2.05) is 19.1 Å². The second-order valence-corrected chi connectivity index (χ2v) is 5.68. The molecule has 118 valence electrons. The summed E-state index contributed by atoms with van der Waals surface area (Å²) in [5.41, 5.74) is 1.04. The quantitative estimate of drug-likeness (QED) is 0.790. The maximum atomic E-state index is 12.9. The van der Waals surface area contributed by atoms with Crippen LogP contribution in [0.5, 0.6) is 0 Å². The molecule has 0 saturated heterocycles. The normalized spacial score (nSPS) is 11.3. The van der Waals surface area contributed by atoms with E-state index in [9.17, 15) is 9.59 Å². The molecule has 0 saturated carbocycles. The third-order valence-corrected chi connectivity index (χ3v) is 4.28. The Hall–Kier alpha value is -2.65. The van der Waals surface area contributed by atoms with Crippen LogP contribution in [-0.2, 0) is 9.53 Å². The molecule has 0 aliphatic carbocycles. The molecule has 2 aromatic rings. The van der Waals surface area contributed by atoms with E-state index < -0.39 is 12.0 Å². The standard InChI is InChI=1S/C17H16N2O3S/c1-3-14(17(21)22-2)19(13-7-5-4-6-8-13)16(20)15-9-12(10-18)11-23-15/h4-9,11,14H,3H2,1-2H3/t14-/m0/s1. The summed E-state index contributed by atoms with van der Waals surface area (Å²) in [4.78, 5) is 26.8. The zero-order chi connectivity index (χ0) is 16.8. The molecule has 0 fully saturated rings. The van der Waals surface area contributed by atoms with Crippen molar-refractivity contribution in [3.05, 3.63) is 52.2 Å². The minimum absolute atomic E-state index is 0.319. The van der Waals surface area contributed by atoms with Crippen LogP contribution in [0.25, 0.3) is 0 Å². The van der Waals surface area contributed by atoms with E-state index >= 15 is 0 Å². The molecule has 1 aromatic heterocycles. The van der Waals surface area contributed by atoms with Crippen LogP contribution in [0.2, 0.25) is 0 Å². The third-order valence-electron chi connectivity index (χ3n) is 3.36. The van der Waals surface area contributed by atoms with Gasteiger partial charge in [-0.05, 0) is 24.6 Å². The molecule has 5 nitrogen and oxygen atoms in total. The first-order valence-electron chi connectivity index (χ1n) is 7.07. The van der Waals surface area contributed by atoms with Gasteiger partial charge in [-0.1, -0.05) is 25.1 Å². The fourth-order valence-electron chi connectivity index (χ4n) is 2.24. The van der Waals surface area contributed by atoms with Crippen LogP contribution >= 0.6 is 11.3 Å². The van der Waals surface area contributed by atoms with Crippen molar-refractivity contribution < 1.29 is 14.3 Å². The molecule has 2 rings (SSSR count). The lowest BCUT2D eigenvalue weighted by Gasteiger charge is -2.29. The summed E-state index contributed by atoms with van der Waals surface area (Å²) < 4.78 is 4.84. The molecule has 0 spiro atoms. The Morgan fingerprint density at radius 1 is 1.35 bits per heavy atom. The van der Waals surface area contributed by atoms with E-state index in [4.69, 9.17) is 10.00 Å². The summed E-state index contributed by atoms with van der Waals surface area (Å²) in [6.45, 7) is 1.82. The Balaban J connectivity index is 2.46. The number of benzene rings is 1. The van der Waals surface area contributed by atoms with Gasteiger partial charge >= 0.3 is 5.97 Å². The average Bonchev–Trinajstić information content (AvgIpc) is 3.08. The molecule has 23 heavy (non-hydrogen) atoms. The average molecular weight is 328 g/mol. The lowest BCUT2D eigenvalue weighted by Crippen LogP contribution is -2.45. The zero-order valence-electron chi connectivity index (χ0n) is 12.9. The van der Waals surface area contributed by atoms with Gasteiger partial charge in [0.1, 0.15) is 12.1 Å². The molecule has 1 heterocycles. The van der Waals surface area contributed by atoms with Gasteiger partial charge in [-0.3, -0.25) is 9.69 Å². The number of rotatable bonds is 5. The summed E-state index contributed by atoms with van der Waals surface area (Å²) in [5, 5.41) is 10.5. The number of nitriles is 1. The Morgan fingerprint density at radius 3 is 2.57 bits per heavy atom. The van der Waals surface area contributed by atoms with Gasteiger partial charge in [0, 0.05) is 11.1 Å². The fourth-order valence-corrected chi connectivity index (χ4v) is 3.01. The molecular weight excluding hydrogens is 312 g/mol. The molecule has 1 aromatic carbocycles. The summed E-state index contributed by atoms with van der Waals surface area (Å²) in [6.07, 6.45) is 0.420. The number of anilines is 1. The summed E-state index contributed by atoms with van der Waals surface area (Å²) in [5.74, 6) is -0.790. The highest BCUT2D eigenvalue weighted by Gasteiger charge is 2.31. The molecule has 0 radical (unpaired) electrons. The highest BCUT2D eigenvalue weighted by Crippen LogP contribution is 2.25. The minimum Gasteiger partial charge on any atom is -0.467 e. The van der Waals surface area contributed by atoms with Crippen molar-refractivity contribution in [3.63, 3.8) is 0 Å². The number of thiophene rings is 1. The Labute approximate surface area is 138 Å². The topological polar surface area (TPSA) is 70.4 Å². The summed E-state index contributed by atoms with van der Waals surface area (Å²) in [7, 11) is 1.30. The number of hydrogen-bond donors (Lipinski definition) is 0. The number of hydrogen-bond acceptors (Lipinski definition) is 5. The molecule has 6 heteroatoms. The Morgan fingerprint density at radius 2 is 2.04 bits per heavy atom. The second kappa shape index (κ2) is 7.56. The van der Waals surface area contributed by atoms with Crippen molar-refractivity contribution >= 4 is 28.9 Å². The molecule has 0 aliphatic heterocycles. The number of amides is 1. The maximum absolute atomic E-state index is 12.9. The van der Waals surface area contributed by atoms with Gasteiger partial charge < -0.3 is 4.74 Å². The molecular formula is C17H16N2O3S.